The summed E-state index contributed by atoms with van der Waals surface area (Å²) in [4.78, 5) is 27.2. The van der Waals surface area contributed by atoms with Crippen LogP contribution in [0, 0.1) is 0 Å². The topological polar surface area (TPSA) is 117 Å². The van der Waals surface area contributed by atoms with Crippen molar-refractivity contribution in [3.8, 4) is 5.75 Å². The first kappa shape index (κ1) is 33.7. The fraction of sp³-hybridized carbons (Fsp3) is 0.500. The molecule has 1 fully saturated rings. The lowest BCUT2D eigenvalue weighted by molar-refractivity contribution is -0.132. The Labute approximate surface area is 238 Å². The molecule has 0 aliphatic carbocycles. The summed E-state index contributed by atoms with van der Waals surface area (Å²) in [5, 5.41) is 17.2. The van der Waals surface area contributed by atoms with E-state index in [1.54, 1.807) is 7.11 Å². The Hall–Kier alpha value is -2.36. The molecule has 1 saturated heterocycles. The highest BCUT2D eigenvalue weighted by molar-refractivity contribution is 5.85. The first-order chi connectivity index (χ1) is 17.5. The third-order valence-corrected chi connectivity index (χ3v) is 6.62. The summed E-state index contributed by atoms with van der Waals surface area (Å²) < 4.78 is 5.26. The Kier molecular flexibility index (Phi) is 16.0. The molecule has 38 heavy (non-hydrogen) atoms. The number of nitrogens with one attached hydrogen (secondary N) is 2. The van der Waals surface area contributed by atoms with E-state index in [0.29, 0.717) is 13.0 Å². The average molecular weight is 570 g/mol. The molecule has 0 bridgehead atoms. The summed E-state index contributed by atoms with van der Waals surface area (Å²) in [7, 11) is 1.63. The molecule has 0 saturated carbocycles. The molecule has 3 atom stereocenters. The lowest BCUT2D eigenvalue weighted by Gasteiger charge is -2.28. The van der Waals surface area contributed by atoms with Crippen LogP contribution in [0.2, 0.25) is 0 Å². The minimum Gasteiger partial charge on any atom is -0.497 e. The largest absolute Gasteiger partial charge is 0.497 e. The van der Waals surface area contributed by atoms with Crippen LogP contribution in [0.3, 0.4) is 0 Å². The van der Waals surface area contributed by atoms with Gasteiger partial charge in [0.1, 0.15) is 5.75 Å². The number of benzene rings is 2. The lowest BCUT2D eigenvalue weighted by Crippen LogP contribution is -2.53. The summed E-state index contributed by atoms with van der Waals surface area (Å²) in [6.07, 6.45) is 3.39. The van der Waals surface area contributed by atoms with Crippen LogP contribution >= 0.6 is 24.8 Å². The van der Waals surface area contributed by atoms with E-state index in [1.807, 2.05) is 59.5 Å². The van der Waals surface area contributed by atoms with Crippen LogP contribution in [0.25, 0.3) is 0 Å². The van der Waals surface area contributed by atoms with Crippen LogP contribution in [-0.2, 0) is 22.6 Å². The SMILES string of the molecule is COc1cccc(CNC[C@H](O)[C@H](Cc2ccccc2)NC(=O)[C@@H](N)CCC(=O)N2CCCCC2)c1.Cl.Cl. The van der Waals surface area contributed by atoms with Gasteiger partial charge in [-0.2, -0.15) is 0 Å². The zero-order chi connectivity index (χ0) is 25.8. The van der Waals surface area contributed by atoms with E-state index in [0.717, 1.165) is 49.2 Å². The smallest absolute Gasteiger partial charge is 0.237 e. The van der Waals surface area contributed by atoms with Gasteiger partial charge in [-0.15, -0.1) is 24.8 Å². The number of amides is 2. The molecule has 1 aliphatic rings. The molecule has 212 valence electrons. The van der Waals surface area contributed by atoms with Gasteiger partial charge in [-0.1, -0.05) is 42.5 Å². The van der Waals surface area contributed by atoms with Gasteiger partial charge < -0.3 is 31.1 Å². The second-order valence-corrected chi connectivity index (χ2v) is 9.44. The quantitative estimate of drug-likeness (QED) is 0.295. The van der Waals surface area contributed by atoms with Gasteiger partial charge in [0, 0.05) is 32.6 Å². The fourth-order valence-corrected chi connectivity index (χ4v) is 4.44. The molecular weight excluding hydrogens is 527 g/mol. The Balaban J connectivity index is 0.00000361. The van der Waals surface area contributed by atoms with Crippen LogP contribution in [-0.4, -0.2) is 66.8 Å². The van der Waals surface area contributed by atoms with Gasteiger partial charge in [0.15, 0.2) is 0 Å². The van der Waals surface area contributed by atoms with Crippen LogP contribution in [0.4, 0.5) is 0 Å². The number of aliphatic hydroxyl groups excluding tert-OH is 1. The van der Waals surface area contributed by atoms with Gasteiger partial charge in [-0.05, 0) is 55.4 Å². The third kappa shape index (κ3) is 11.2. The predicted molar refractivity (Wildman–Crippen MR) is 155 cm³/mol. The number of aliphatic hydroxyl groups is 1. The molecular formula is C28H42Cl2N4O4. The number of carbonyl (C=O) groups is 2. The predicted octanol–water partition coefficient (Wildman–Crippen LogP) is 2.84. The van der Waals surface area contributed by atoms with Crippen molar-refractivity contribution in [3.05, 3.63) is 65.7 Å². The fourth-order valence-electron chi connectivity index (χ4n) is 4.44. The molecule has 1 heterocycles. The number of piperidine rings is 1. The van der Waals surface area contributed by atoms with Crippen LogP contribution < -0.4 is 21.1 Å². The summed E-state index contributed by atoms with van der Waals surface area (Å²) in [5.41, 5.74) is 8.18. The highest BCUT2D eigenvalue weighted by atomic mass is 35.5. The highest BCUT2D eigenvalue weighted by Crippen LogP contribution is 2.13. The molecule has 5 N–H and O–H groups in total. The summed E-state index contributed by atoms with van der Waals surface area (Å²) >= 11 is 0. The molecule has 8 nitrogen and oxygen atoms in total. The number of hydrogen-bond donors (Lipinski definition) is 4. The number of ether oxygens (including phenoxy) is 1. The molecule has 0 radical (unpaired) electrons. The zero-order valence-electron chi connectivity index (χ0n) is 22.0. The van der Waals surface area contributed by atoms with Gasteiger partial charge in [-0.3, -0.25) is 9.59 Å². The summed E-state index contributed by atoms with van der Waals surface area (Å²) in [5.74, 6) is 0.478. The van der Waals surface area contributed by atoms with Crippen LogP contribution in [0.15, 0.2) is 54.6 Å². The highest BCUT2D eigenvalue weighted by Gasteiger charge is 2.25. The van der Waals surface area contributed by atoms with Gasteiger partial charge in [0.05, 0.1) is 25.3 Å². The van der Waals surface area contributed by atoms with E-state index in [9.17, 15) is 14.7 Å². The maximum absolute atomic E-state index is 12.9. The second-order valence-electron chi connectivity index (χ2n) is 9.44. The number of carbonyl (C=O) groups excluding carboxylic acids is 2. The van der Waals surface area contributed by atoms with Crippen molar-refractivity contribution in [3.63, 3.8) is 0 Å². The Morgan fingerprint density at radius 2 is 1.71 bits per heavy atom. The van der Waals surface area contributed by atoms with Crippen molar-refractivity contribution in [2.24, 2.45) is 5.73 Å². The molecule has 0 spiro atoms. The summed E-state index contributed by atoms with van der Waals surface area (Å²) in [6, 6.07) is 16.1. The Morgan fingerprint density at radius 3 is 2.39 bits per heavy atom. The van der Waals surface area contributed by atoms with E-state index in [4.69, 9.17) is 10.5 Å². The molecule has 1 aliphatic heterocycles. The molecule has 2 aromatic carbocycles. The zero-order valence-corrected chi connectivity index (χ0v) is 23.6. The number of halogens is 2. The molecule has 0 aromatic heterocycles. The number of nitrogens with zero attached hydrogens (tertiary/aromatic N) is 1. The number of likely N-dealkylation sites (tertiary alicyclic amines) is 1. The molecule has 10 heteroatoms. The minimum atomic E-state index is -0.832. The minimum absolute atomic E-state index is 0. The van der Waals surface area contributed by atoms with Crippen molar-refractivity contribution in [2.75, 3.05) is 26.7 Å². The lowest BCUT2D eigenvalue weighted by atomic mass is 10.00. The monoisotopic (exact) mass is 568 g/mol. The van der Waals surface area contributed by atoms with E-state index in [2.05, 4.69) is 10.6 Å². The van der Waals surface area contributed by atoms with Gasteiger partial charge >= 0.3 is 0 Å². The first-order valence-corrected chi connectivity index (χ1v) is 12.9. The van der Waals surface area contributed by atoms with Crippen molar-refractivity contribution in [1.82, 2.24) is 15.5 Å². The standard InChI is InChI=1S/C28H40N4O4.2ClH/c1-36-23-12-8-11-22(17-23)19-30-20-26(33)25(18-21-9-4-2-5-10-21)31-28(35)24(29)13-14-27(34)32-15-6-3-7-16-32;;/h2,4-5,8-12,17,24-26,30,33H,3,6-7,13-16,18-20,29H2,1H3,(H,31,35);2*1H/t24-,25-,26-;;/m0../s1. The van der Waals surface area contributed by atoms with E-state index in [-0.39, 0.29) is 56.0 Å². The number of hydrogen-bond acceptors (Lipinski definition) is 6. The maximum atomic E-state index is 12.9. The maximum Gasteiger partial charge on any atom is 0.237 e. The Morgan fingerprint density at radius 1 is 1.03 bits per heavy atom. The molecule has 2 aromatic rings. The molecule has 0 unspecified atom stereocenters. The molecule has 3 rings (SSSR count). The van der Waals surface area contributed by atoms with Gasteiger partial charge in [0.25, 0.3) is 0 Å². The Bertz CT molecular complexity index is 961. The normalized spacial score (nSPS) is 15.3. The number of methoxy groups -OCH3 is 1. The number of rotatable bonds is 13. The van der Waals surface area contributed by atoms with Gasteiger partial charge in [0.2, 0.25) is 11.8 Å². The van der Waals surface area contributed by atoms with Crippen molar-refractivity contribution >= 4 is 36.6 Å². The van der Waals surface area contributed by atoms with Crippen LogP contribution in [0.5, 0.6) is 5.75 Å². The second kappa shape index (κ2) is 18.0. The van der Waals surface area contributed by atoms with E-state index < -0.39 is 18.2 Å². The van der Waals surface area contributed by atoms with Gasteiger partial charge in [-0.25, -0.2) is 0 Å². The van der Waals surface area contributed by atoms with Crippen molar-refractivity contribution < 1.29 is 19.4 Å². The van der Waals surface area contributed by atoms with E-state index >= 15 is 0 Å². The van der Waals surface area contributed by atoms with Crippen molar-refractivity contribution in [2.45, 2.75) is 63.3 Å². The average Bonchev–Trinajstić information content (AvgIpc) is 2.92. The summed E-state index contributed by atoms with van der Waals surface area (Å²) in [6.45, 7) is 2.42. The third-order valence-electron chi connectivity index (χ3n) is 6.62. The number of nitrogens with two attached hydrogens (primary N) is 1. The first-order valence-electron chi connectivity index (χ1n) is 12.9. The van der Waals surface area contributed by atoms with Crippen LogP contribution in [0.1, 0.15) is 43.2 Å². The van der Waals surface area contributed by atoms with Crippen molar-refractivity contribution in [1.29, 1.82) is 0 Å². The molecule has 2 amide bonds. The van der Waals surface area contributed by atoms with E-state index in [1.165, 1.54) is 0 Å².